The van der Waals surface area contributed by atoms with Crippen LogP contribution in [0.5, 0.6) is 0 Å². The van der Waals surface area contributed by atoms with Crippen LogP contribution in [-0.2, 0) is 11.2 Å². The summed E-state index contributed by atoms with van der Waals surface area (Å²) in [4.78, 5) is 12.2. The fraction of sp³-hybridized carbons (Fsp3) is 0.158. The van der Waals surface area contributed by atoms with Gasteiger partial charge in [0.05, 0.1) is 7.11 Å². The first-order valence-electron chi connectivity index (χ1n) is 7.82. The van der Waals surface area contributed by atoms with Gasteiger partial charge in [-0.3, -0.25) is 0 Å². The van der Waals surface area contributed by atoms with E-state index in [2.05, 4.69) is 17.4 Å². The normalized spacial score (nSPS) is 10.5. The third-order valence-corrected chi connectivity index (χ3v) is 3.79. The molecule has 0 atom stereocenters. The second-order valence-electron chi connectivity index (χ2n) is 5.41. The van der Waals surface area contributed by atoms with E-state index >= 15 is 0 Å². The second kappa shape index (κ2) is 7.17. The van der Waals surface area contributed by atoms with Crippen LogP contribution < -0.4 is 5.32 Å². The number of esters is 1. The molecule has 0 saturated carbocycles. The molecule has 0 aliphatic rings. The van der Waals surface area contributed by atoms with E-state index in [1.54, 1.807) is 0 Å². The van der Waals surface area contributed by atoms with Crippen LogP contribution in [-0.4, -0.2) is 18.2 Å². The van der Waals surface area contributed by atoms with E-state index in [0.29, 0.717) is 11.3 Å². The first-order valence-corrected chi connectivity index (χ1v) is 7.82. The van der Waals surface area contributed by atoms with Gasteiger partial charge in [0, 0.05) is 11.3 Å². The van der Waals surface area contributed by atoms with Crippen molar-refractivity contribution in [2.45, 2.75) is 13.3 Å². The van der Waals surface area contributed by atoms with E-state index < -0.39 is 5.97 Å². The number of methoxy groups -OCH3 is 1. The van der Waals surface area contributed by atoms with Gasteiger partial charge in [-0.05, 0) is 48.4 Å². The molecule has 6 heteroatoms. The van der Waals surface area contributed by atoms with Gasteiger partial charge in [0.1, 0.15) is 11.5 Å². The Balaban J connectivity index is 2.02. The maximum absolute atomic E-state index is 13.1. The molecule has 1 N–H and O–H groups in total. The Labute approximate surface area is 144 Å². The summed E-state index contributed by atoms with van der Waals surface area (Å²) in [5, 5.41) is 7.02. The number of anilines is 2. The number of carbonyl (C=O) groups is 1. The molecule has 0 unspecified atom stereocenters. The average molecular weight is 340 g/mol. The number of benzene rings is 2. The van der Waals surface area contributed by atoms with Crippen molar-refractivity contribution in [3.63, 3.8) is 0 Å². The summed E-state index contributed by atoms with van der Waals surface area (Å²) >= 11 is 0. The van der Waals surface area contributed by atoms with Crippen molar-refractivity contribution >= 4 is 17.5 Å². The van der Waals surface area contributed by atoms with Gasteiger partial charge in [-0.15, -0.1) is 0 Å². The van der Waals surface area contributed by atoms with Crippen LogP contribution in [0.1, 0.15) is 22.8 Å². The summed E-state index contributed by atoms with van der Waals surface area (Å²) in [5.41, 5.74) is 2.92. The van der Waals surface area contributed by atoms with E-state index in [-0.39, 0.29) is 17.3 Å². The highest BCUT2D eigenvalue weighted by Crippen LogP contribution is 2.31. The first kappa shape index (κ1) is 16.7. The number of halogens is 1. The van der Waals surface area contributed by atoms with Gasteiger partial charge in [-0.1, -0.05) is 24.2 Å². The summed E-state index contributed by atoms with van der Waals surface area (Å²) in [6.07, 6.45) is 0.886. The highest BCUT2D eigenvalue weighted by molar-refractivity contribution is 6.01. The zero-order valence-corrected chi connectivity index (χ0v) is 13.9. The number of rotatable bonds is 5. The van der Waals surface area contributed by atoms with Crippen LogP contribution in [0.4, 0.5) is 16.0 Å². The van der Waals surface area contributed by atoms with Gasteiger partial charge in [-0.25, -0.2) is 9.18 Å². The Morgan fingerprint density at radius 1 is 1.24 bits per heavy atom. The highest BCUT2D eigenvalue weighted by atomic mass is 19.1. The maximum atomic E-state index is 13.1. The number of hydrogen-bond donors (Lipinski definition) is 1. The molecule has 0 fully saturated rings. The van der Waals surface area contributed by atoms with Crippen LogP contribution >= 0.6 is 0 Å². The molecule has 2 aromatic carbocycles. The van der Waals surface area contributed by atoms with Crippen molar-refractivity contribution in [3.05, 3.63) is 65.5 Å². The molecular formula is C19H17FN2O3. The number of hydrogen-bond acceptors (Lipinski definition) is 5. The molecule has 25 heavy (non-hydrogen) atoms. The number of nitrogens with zero attached hydrogens (tertiary/aromatic N) is 1. The number of aromatic nitrogens is 1. The average Bonchev–Trinajstić information content (AvgIpc) is 3.05. The minimum atomic E-state index is -0.588. The summed E-state index contributed by atoms with van der Waals surface area (Å²) in [5.74, 6) is -0.782. The SMILES string of the molecule is CCc1cccc(Nc2onc(-c3ccc(F)cc3)c2C(=O)OC)c1. The molecule has 0 saturated heterocycles. The fourth-order valence-electron chi connectivity index (χ4n) is 2.47. The number of carbonyl (C=O) groups excluding carboxylic acids is 1. The van der Waals surface area contributed by atoms with Gasteiger partial charge in [0.15, 0.2) is 5.56 Å². The van der Waals surface area contributed by atoms with Gasteiger partial charge < -0.3 is 14.6 Å². The topological polar surface area (TPSA) is 64.4 Å². The van der Waals surface area contributed by atoms with Crippen LogP contribution in [0.15, 0.2) is 53.1 Å². The van der Waals surface area contributed by atoms with Crippen molar-refractivity contribution < 1.29 is 18.4 Å². The summed E-state index contributed by atoms with van der Waals surface area (Å²) in [6, 6.07) is 13.4. The van der Waals surface area contributed by atoms with Crippen molar-refractivity contribution in [3.8, 4) is 11.3 Å². The second-order valence-corrected chi connectivity index (χ2v) is 5.41. The van der Waals surface area contributed by atoms with Crippen LogP contribution in [0.25, 0.3) is 11.3 Å². The third-order valence-electron chi connectivity index (χ3n) is 3.79. The lowest BCUT2D eigenvalue weighted by atomic mass is 10.1. The lowest BCUT2D eigenvalue weighted by Crippen LogP contribution is -2.05. The molecule has 0 aliphatic carbocycles. The van der Waals surface area contributed by atoms with Crippen molar-refractivity contribution in [1.82, 2.24) is 5.16 Å². The van der Waals surface area contributed by atoms with Crippen LogP contribution in [0.3, 0.4) is 0 Å². The smallest absolute Gasteiger partial charge is 0.345 e. The van der Waals surface area contributed by atoms with Crippen LogP contribution in [0.2, 0.25) is 0 Å². The van der Waals surface area contributed by atoms with Crippen molar-refractivity contribution in [2.75, 3.05) is 12.4 Å². The number of ether oxygens (including phenoxy) is 1. The quantitative estimate of drug-likeness (QED) is 0.689. The Morgan fingerprint density at radius 2 is 2.00 bits per heavy atom. The minimum absolute atomic E-state index is 0.163. The maximum Gasteiger partial charge on any atom is 0.345 e. The Morgan fingerprint density at radius 3 is 2.68 bits per heavy atom. The van der Waals surface area contributed by atoms with E-state index in [1.165, 1.54) is 31.4 Å². The zero-order chi connectivity index (χ0) is 17.8. The lowest BCUT2D eigenvalue weighted by molar-refractivity contribution is 0.0602. The van der Waals surface area contributed by atoms with Crippen molar-refractivity contribution in [2.24, 2.45) is 0 Å². The molecule has 0 radical (unpaired) electrons. The predicted molar refractivity (Wildman–Crippen MR) is 92.3 cm³/mol. The summed E-state index contributed by atoms with van der Waals surface area (Å²) in [7, 11) is 1.28. The molecule has 0 aliphatic heterocycles. The molecular weight excluding hydrogens is 323 g/mol. The third kappa shape index (κ3) is 3.52. The monoisotopic (exact) mass is 340 g/mol. The molecule has 0 bridgehead atoms. The number of nitrogens with one attached hydrogen (secondary N) is 1. The predicted octanol–water partition coefficient (Wildman–Crippen LogP) is 4.57. The molecule has 1 aromatic heterocycles. The molecule has 3 rings (SSSR count). The van der Waals surface area contributed by atoms with Gasteiger partial charge in [0.2, 0.25) is 5.88 Å². The molecule has 3 aromatic rings. The molecule has 1 heterocycles. The Bertz CT molecular complexity index is 888. The number of aryl methyl sites for hydroxylation is 1. The van der Waals surface area contributed by atoms with Gasteiger partial charge in [-0.2, -0.15) is 0 Å². The molecule has 5 nitrogen and oxygen atoms in total. The highest BCUT2D eigenvalue weighted by Gasteiger charge is 2.25. The molecule has 0 amide bonds. The van der Waals surface area contributed by atoms with E-state index in [9.17, 15) is 9.18 Å². The van der Waals surface area contributed by atoms with E-state index in [0.717, 1.165) is 17.7 Å². The summed E-state index contributed by atoms with van der Waals surface area (Å²) in [6.45, 7) is 2.06. The Kier molecular flexibility index (Phi) is 4.79. The van der Waals surface area contributed by atoms with E-state index in [1.807, 2.05) is 24.3 Å². The molecule has 0 spiro atoms. The minimum Gasteiger partial charge on any atom is -0.465 e. The van der Waals surface area contributed by atoms with Crippen LogP contribution in [0, 0.1) is 5.82 Å². The Hall–Kier alpha value is -3.15. The lowest BCUT2D eigenvalue weighted by Gasteiger charge is -2.06. The molecule has 128 valence electrons. The zero-order valence-electron chi connectivity index (χ0n) is 13.9. The summed E-state index contributed by atoms with van der Waals surface area (Å²) < 4.78 is 23.3. The first-order chi connectivity index (χ1) is 12.1. The largest absolute Gasteiger partial charge is 0.465 e. The van der Waals surface area contributed by atoms with E-state index in [4.69, 9.17) is 9.26 Å². The standard InChI is InChI=1S/C19H17FN2O3/c1-3-12-5-4-6-15(11-12)21-18-16(19(23)24-2)17(22-25-18)13-7-9-14(20)10-8-13/h4-11,21H,3H2,1-2H3. The van der Waals surface area contributed by atoms with Gasteiger partial charge >= 0.3 is 5.97 Å². The van der Waals surface area contributed by atoms with Crippen molar-refractivity contribution in [1.29, 1.82) is 0 Å². The van der Waals surface area contributed by atoms with Gasteiger partial charge in [0.25, 0.3) is 0 Å². The fourth-order valence-corrected chi connectivity index (χ4v) is 2.47.